The van der Waals surface area contributed by atoms with E-state index in [-0.39, 0.29) is 5.92 Å². The van der Waals surface area contributed by atoms with Crippen molar-refractivity contribution in [3.05, 3.63) is 11.9 Å². The first kappa shape index (κ1) is 17.7. The third kappa shape index (κ3) is 5.47. The average Bonchev–Trinajstić information content (AvgIpc) is 2.42. The van der Waals surface area contributed by atoms with Crippen molar-refractivity contribution in [2.24, 2.45) is 5.84 Å². The van der Waals surface area contributed by atoms with Gasteiger partial charge in [0.2, 0.25) is 5.88 Å². The van der Waals surface area contributed by atoms with E-state index in [0.717, 1.165) is 12.4 Å². The molecule has 1 rings (SSSR count). The lowest BCUT2D eigenvalue weighted by Crippen LogP contribution is -2.39. The van der Waals surface area contributed by atoms with Crippen LogP contribution in [-0.4, -0.2) is 40.1 Å². The molecule has 6 nitrogen and oxygen atoms in total. The smallest absolute Gasteiger partial charge is 0.218 e. The normalized spacial score (nSPS) is 11.8. The lowest BCUT2D eigenvalue weighted by Gasteiger charge is -2.30. The molecule has 0 saturated heterocycles. The molecule has 3 N–H and O–H groups in total. The maximum absolute atomic E-state index is 5.78. The summed E-state index contributed by atoms with van der Waals surface area (Å²) in [5.74, 6) is 7.53. The number of aromatic nitrogens is 2. The molecule has 0 fully saturated rings. The van der Waals surface area contributed by atoms with Gasteiger partial charge in [-0.2, -0.15) is 4.98 Å². The summed E-state index contributed by atoms with van der Waals surface area (Å²) < 4.78 is 5.78. The summed E-state index contributed by atoms with van der Waals surface area (Å²) in [5.41, 5.74) is 2.56. The van der Waals surface area contributed by atoms with E-state index >= 15 is 0 Å². The zero-order valence-corrected chi connectivity index (χ0v) is 14.1. The number of hydrazine groups is 1. The van der Waals surface area contributed by atoms with Crippen LogP contribution in [-0.2, 0) is 0 Å². The minimum Gasteiger partial charge on any atom is -0.476 e. The Hall–Kier alpha value is -1.40. The number of hydrogen-bond acceptors (Lipinski definition) is 6. The highest BCUT2D eigenvalue weighted by molar-refractivity contribution is 5.37. The van der Waals surface area contributed by atoms with Crippen molar-refractivity contribution in [2.45, 2.75) is 59.5 Å². The van der Waals surface area contributed by atoms with Gasteiger partial charge in [-0.05, 0) is 27.7 Å². The van der Waals surface area contributed by atoms with Gasteiger partial charge in [0.1, 0.15) is 18.2 Å². The van der Waals surface area contributed by atoms with Gasteiger partial charge in [0.05, 0.1) is 0 Å². The zero-order valence-electron chi connectivity index (χ0n) is 14.1. The first-order valence-corrected chi connectivity index (χ1v) is 7.59. The van der Waals surface area contributed by atoms with Gasteiger partial charge in [0, 0.05) is 30.6 Å². The fraction of sp³-hybridized carbons (Fsp3) is 0.733. The van der Waals surface area contributed by atoms with E-state index in [1.54, 1.807) is 6.07 Å². The second-order valence-corrected chi connectivity index (χ2v) is 6.02. The largest absolute Gasteiger partial charge is 0.476 e. The number of hydrogen-bond donors (Lipinski definition) is 2. The average molecular weight is 295 g/mol. The maximum atomic E-state index is 5.78. The van der Waals surface area contributed by atoms with E-state index in [1.807, 2.05) is 13.8 Å². The van der Waals surface area contributed by atoms with E-state index in [1.165, 1.54) is 0 Å². The summed E-state index contributed by atoms with van der Waals surface area (Å²) in [6.07, 6.45) is 0. The second-order valence-electron chi connectivity index (χ2n) is 6.02. The Morgan fingerprint density at radius 2 is 1.76 bits per heavy atom. The van der Waals surface area contributed by atoms with Gasteiger partial charge in [-0.3, -0.25) is 4.90 Å². The Morgan fingerprint density at radius 3 is 2.24 bits per heavy atom. The summed E-state index contributed by atoms with van der Waals surface area (Å²) in [4.78, 5) is 11.1. The molecule has 0 aromatic carbocycles. The molecule has 21 heavy (non-hydrogen) atoms. The van der Waals surface area contributed by atoms with Crippen LogP contribution in [0, 0.1) is 0 Å². The highest BCUT2D eigenvalue weighted by Gasteiger charge is 2.14. The minimum absolute atomic E-state index is 0.225. The first-order chi connectivity index (χ1) is 9.85. The molecule has 0 radical (unpaired) electrons. The van der Waals surface area contributed by atoms with Crippen LogP contribution in [0.25, 0.3) is 0 Å². The molecule has 0 aliphatic carbocycles. The van der Waals surface area contributed by atoms with Gasteiger partial charge in [-0.25, -0.2) is 10.8 Å². The van der Waals surface area contributed by atoms with Crippen LogP contribution in [0.3, 0.4) is 0 Å². The van der Waals surface area contributed by atoms with Crippen LogP contribution in [0.4, 0.5) is 5.82 Å². The Bertz CT molecular complexity index is 426. The van der Waals surface area contributed by atoms with E-state index in [4.69, 9.17) is 10.6 Å². The molecule has 0 amide bonds. The van der Waals surface area contributed by atoms with Crippen molar-refractivity contribution in [3.63, 3.8) is 0 Å². The fourth-order valence-corrected chi connectivity index (χ4v) is 2.22. The fourth-order valence-electron chi connectivity index (χ4n) is 2.22. The lowest BCUT2D eigenvalue weighted by atomic mass is 10.2. The lowest BCUT2D eigenvalue weighted by molar-refractivity contribution is 0.140. The monoisotopic (exact) mass is 295 g/mol. The molecular weight excluding hydrogens is 266 g/mol. The van der Waals surface area contributed by atoms with Gasteiger partial charge in [-0.1, -0.05) is 13.8 Å². The summed E-state index contributed by atoms with van der Waals surface area (Å²) in [7, 11) is 0. The van der Waals surface area contributed by atoms with Crippen molar-refractivity contribution >= 4 is 5.82 Å². The number of ether oxygens (including phenoxy) is 1. The van der Waals surface area contributed by atoms with Crippen molar-refractivity contribution in [2.75, 3.05) is 18.6 Å². The number of nitrogens with two attached hydrogens (primary N) is 1. The molecule has 0 saturated carbocycles. The Labute approximate surface area is 128 Å². The van der Waals surface area contributed by atoms with Crippen molar-refractivity contribution in [1.29, 1.82) is 0 Å². The van der Waals surface area contributed by atoms with Gasteiger partial charge < -0.3 is 10.2 Å². The summed E-state index contributed by atoms with van der Waals surface area (Å²) in [6.45, 7) is 14.3. The van der Waals surface area contributed by atoms with Crippen molar-refractivity contribution in [1.82, 2.24) is 14.9 Å². The molecule has 0 aliphatic rings. The Morgan fingerprint density at radius 1 is 1.14 bits per heavy atom. The molecule has 1 aromatic heterocycles. The van der Waals surface area contributed by atoms with Crippen LogP contribution in [0.5, 0.6) is 5.88 Å². The van der Waals surface area contributed by atoms with Crippen LogP contribution >= 0.6 is 0 Å². The third-order valence-electron chi connectivity index (χ3n) is 3.31. The molecule has 0 atom stereocenters. The predicted octanol–water partition coefficient (Wildman–Crippen LogP) is 2.38. The second kappa shape index (κ2) is 8.14. The molecule has 1 aromatic rings. The van der Waals surface area contributed by atoms with Crippen LogP contribution < -0.4 is 16.0 Å². The van der Waals surface area contributed by atoms with E-state index in [9.17, 15) is 0 Å². The summed E-state index contributed by atoms with van der Waals surface area (Å²) >= 11 is 0. The quantitative estimate of drug-likeness (QED) is 0.566. The molecular formula is C15H29N5O. The van der Waals surface area contributed by atoms with Crippen molar-refractivity contribution in [3.8, 4) is 5.88 Å². The number of nitrogens with zero attached hydrogens (tertiary/aromatic N) is 3. The van der Waals surface area contributed by atoms with E-state index < -0.39 is 0 Å². The maximum Gasteiger partial charge on any atom is 0.218 e. The number of nitrogens with one attached hydrogen (secondary N) is 1. The predicted molar refractivity (Wildman–Crippen MR) is 86.4 cm³/mol. The molecule has 120 valence electrons. The van der Waals surface area contributed by atoms with E-state index in [0.29, 0.717) is 30.4 Å². The molecule has 0 bridgehead atoms. The third-order valence-corrected chi connectivity index (χ3v) is 3.31. The van der Waals surface area contributed by atoms with Gasteiger partial charge in [0.25, 0.3) is 0 Å². The number of anilines is 1. The minimum atomic E-state index is 0.225. The SMILES string of the molecule is CC(C)c1nc(NN)cc(OCCN(C(C)C)C(C)C)n1. The highest BCUT2D eigenvalue weighted by Crippen LogP contribution is 2.18. The van der Waals surface area contributed by atoms with Gasteiger partial charge in [0.15, 0.2) is 0 Å². The van der Waals surface area contributed by atoms with Crippen LogP contribution in [0.2, 0.25) is 0 Å². The van der Waals surface area contributed by atoms with Gasteiger partial charge >= 0.3 is 0 Å². The summed E-state index contributed by atoms with van der Waals surface area (Å²) in [6, 6.07) is 2.71. The standard InChI is InChI=1S/C15H29N5O/c1-10(2)15-17-13(19-16)9-14(18-15)21-8-7-20(11(3)4)12(5)6/h9-12H,7-8,16H2,1-6H3,(H,17,18,19). The Kier molecular flexibility index (Phi) is 6.84. The molecule has 0 unspecified atom stereocenters. The van der Waals surface area contributed by atoms with Crippen LogP contribution in [0.15, 0.2) is 6.07 Å². The van der Waals surface area contributed by atoms with E-state index in [2.05, 4.69) is 48.0 Å². The summed E-state index contributed by atoms with van der Waals surface area (Å²) in [5, 5.41) is 0. The Balaban J connectivity index is 2.68. The van der Waals surface area contributed by atoms with Crippen LogP contribution in [0.1, 0.15) is 53.3 Å². The first-order valence-electron chi connectivity index (χ1n) is 7.59. The molecule has 0 aliphatic heterocycles. The van der Waals surface area contributed by atoms with Crippen molar-refractivity contribution < 1.29 is 4.74 Å². The number of rotatable bonds is 8. The molecule has 1 heterocycles. The van der Waals surface area contributed by atoms with Gasteiger partial charge in [-0.15, -0.1) is 0 Å². The number of nitrogen functional groups attached to an aromatic ring is 1. The molecule has 0 spiro atoms. The highest BCUT2D eigenvalue weighted by atomic mass is 16.5. The molecule has 6 heteroatoms. The topological polar surface area (TPSA) is 76.3 Å². The zero-order chi connectivity index (χ0) is 16.0.